The molecule has 1 heterocycles. The molecule has 0 amide bonds. The fraction of sp³-hybridized carbons (Fsp3) is 0.214. The van der Waals surface area contributed by atoms with E-state index in [1.54, 1.807) is 6.20 Å². The summed E-state index contributed by atoms with van der Waals surface area (Å²) in [5.74, 6) is 2.09. The van der Waals surface area contributed by atoms with Crippen LogP contribution in [0.1, 0.15) is 12.5 Å². The zero-order chi connectivity index (χ0) is 13.0. The number of aromatic nitrogens is 1. The maximum absolute atomic E-state index is 5.69. The summed E-state index contributed by atoms with van der Waals surface area (Å²) in [6.07, 6.45) is 1.73. The summed E-state index contributed by atoms with van der Waals surface area (Å²) in [7, 11) is 0. The molecule has 2 rings (SSSR count). The van der Waals surface area contributed by atoms with Crippen LogP contribution in [0.3, 0.4) is 0 Å². The van der Waals surface area contributed by atoms with Gasteiger partial charge in [-0.1, -0.05) is 6.07 Å². The lowest BCUT2D eigenvalue weighted by Gasteiger charge is -2.08. The number of ether oxygens (including phenoxy) is 2. The Morgan fingerprint density at radius 3 is 2.72 bits per heavy atom. The standard InChI is InChI=1S/C14H14BrNO2/c1-3-17-11-5-4-6-12(8-11)18-14-7-10(2)13(15)9-16-14/h4-9H,3H2,1-2H3. The molecule has 2 aromatic rings. The van der Waals surface area contributed by atoms with Gasteiger partial charge in [-0.25, -0.2) is 4.98 Å². The number of hydrogen-bond donors (Lipinski definition) is 0. The minimum Gasteiger partial charge on any atom is -0.494 e. The Labute approximate surface area is 115 Å². The van der Waals surface area contributed by atoms with Crippen molar-refractivity contribution >= 4 is 15.9 Å². The topological polar surface area (TPSA) is 31.4 Å². The van der Waals surface area contributed by atoms with Gasteiger partial charge in [0.15, 0.2) is 0 Å². The van der Waals surface area contributed by atoms with Crippen LogP contribution < -0.4 is 9.47 Å². The molecule has 3 nitrogen and oxygen atoms in total. The van der Waals surface area contributed by atoms with Gasteiger partial charge in [-0.2, -0.15) is 0 Å². The van der Waals surface area contributed by atoms with Gasteiger partial charge in [0, 0.05) is 22.8 Å². The van der Waals surface area contributed by atoms with E-state index in [9.17, 15) is 0 Å². The molecule has 0 saturated carbocycles. The number of hydrogen-bond acceptors (Lipinski definition) is 3. The van der Waals surface area contributed by atoms with Crippen LogP contribution in [-0.2, 0) is 0 Å². The summed E-state index contributed by atoms with van der Waals surface area (Å²) in [4.78, 5) is 4.20. The molecule has 18 heavy (non-hydrogen) atoms. The molecule has 0 radical (unpaired) electrons. The van der Waals surface area contributed by atoms with Crippen molar-refractivity contribution in [2.45, 2.75) is 13.8 Å². The first-order chi connectivity index (χ1) is 8.69. The molecule has 0 spiro atoms. The van der Waals surface area contributed by atoms with E-state index in [1.807, 2.05) is 44.2 Å². The van der Waals surface area contributed by atoms with Crippen LogP contribution in [0, 0.1) is 6.92 Å². The van der Waals surface area contributed by atoms with Crippen molar-refractivity contribution in [3.8, 4) is 17.4 Å². The maximum Gasteiger partial charge on any atom is 0.219 e. The molecule has 0 saturated heterocycles. The maximum atomic E-state index is 5.69. The van der Waals surface area contributed by atoms with E-state index in [1.165, 1.54) is 0 Å². The van der Waals surface area contributed by atoms with Crippen LogP contribution in [0.15, 0.2) is 41.0 Å². The minimum absolute atomic E-state index is 0.573. The van der Waals surface area contributed by atoms with Crippen molar-refractivity contribution in [3.63, 3.8) is 0 Å². The molecule has 94 valence electrons. The lowest BCUT2D eigenvalue weighted by Crippen LogP contribution is -1.93. The molecule has 0 aliphatic heterocycles. The summed E-state index contributed by atoms with van der Waals surface area (Å²) < 4.78 is 12.1. The van der Waals surface area contributed by atoms with Gasteiger partial charge in [-0.3, -0.25) is 0 Å². The molecule has 0 aliphatic carbocycles. The normalized spacial score (nSPS) is 10.2. The SMILES string of the molecule is CCOc1cccc(Oc2cc(C)c(Br)cn2)c1. The smallest absolute Gasteiger partial charge is 0.219 e. The van der Waals surface area contributed by atoms with Gasteiger partial charge in [-0.15, -0.1) is 0 Å². The van der Waals surface area contributed by atoms with Crippen molar-refractivity contribution in [2.75, 3.05) is 6.61 Å². The van der Waals surface area contributed by atoms with Crippen LogP contribution in [0.4, 0.5) is 0 Å². The third-order valence-electron chi connectivity index (χ3n) is 2.36. The Hall–Kier alpha value is -1.55. The highest BCUT2D eigenvalue weighted by Crippen LogP contribution is 2.26. The molecule has 4 heteroatoms. The van der Waals surface area contributed by atoms with Gasteiger partial charge in [0.25, 0.3) is 0 Å². The predicted molar refractivity (Wildman–Crippen MR) is 74.4 cm³/mol. The quantitative estimate of drug-likeness (QED) is 0.842. The Bertz CT molecular complexity index is 543. The van der Waals surface area contributed by atoms with Crippen molar-refractivity contribution < 1.29 is 9.47 Å². The first-order valence-corrected chi connectivity index (χ1v) is 6.51. The van der Waals surface area contributed by atoms with Crippen LogP contribution in [0.2, 0.25) is 0 Å². The number of halogens is 1. The average Bonchev–Trinajstić information content (AvgIpc) is 2.35. The van der Waals surface area contributed by atoms with Gasteiger partial charge in [0.2, 0.25) is 5.88 Å². The van der Waals surface area contributed by atoms with E-state index < -0.39 is 0 Å². The zero-order valence-electron chi connectivity index (χ0n) is 10.3. The molecular formula is C14H14BrNO2. The Morgan fingerprint density at radius 2 is 2.00 bits per heavy atom. The summed E-state index contributed by atoms with van der Waals surface area (Å²) in [5.41, 5.74) is 1.08. The van der Waals surface area contributed by atoms with E-state index in [0.717, 1.165) is 21.5 Å². The van der Waals surface area contributed by atoms with Crippen molar-refractivity contribution in [2.24, 2.45) is 0 Å². The van der Waals surface area contributed by atoms with Gasteiger partial charge in [-0.05, 0) is 47.5 Å². The summed E-state index contributed by atoms with van der Waals surface area (Å²) in [5, 5.41) is 0. The fourth-order valence-electron chi connectivity index (χ4n) is 1.48. The second-order valence-electron chi connectivity index (χ2n) is 3.78. The number of aryl methyl sites for hydroxylation is 1. The van der Waals surface area contributed by atoms with Crippen LogP contribution in [0.5, 0.6) is 17.4 Å². The van der Waals surface area contributed by atoms with Gasteiger partial charge in [0.05, 0.1) is 6.61 Å². The van der Waals surface area contributed by atoms with Gasteiger partial charge < -0.3 is 9.47 Å². The average molecular weight is 308 g/mol. The fourth-order valence-corrected chi connectivity index (χ4v) is 1.70. The molecule has 1 aromatic carbocycles. The highest BCUT2D eigenvalue weighted by molar-refractivity contribution is 9.10. The highest BCUT2D eigenvalue weighted by Gasteiger charge is 2.03. The molecule has 0 N–H and O–H groups in total. The minimum atomic E-state index is 0.573. The molecule has 0 bridgehead atoms. The van der Waals surface area contributed by atoms with Crippen molar-refractivity contribution in [1.29, 1.82) is 0 Å². The lowest BCUT2D eigenvalue weighted by molar-refractivity contribution is 0.338. The van der Waals surface area contributed by atoms with E-state index >= 15 is 0 Å². The zero-order valence-corrected chi connectivity index (χ0v) is 11.9. The third kappa shape index (κ3) is 3.23. The van der Waals surface area contributed by atoms with Gasteiger partial charge >= 0.3 is 0 Å². The number of pyridine rings is 1. The molecule has 1 aromatic heterocycles. The Balaban J connectivity index is 2.17. The van der Waals surface area contributed by atoms with E-state index in [4.69, 9.17) is 9.47 Å². The first kappa shape index (κ1) is 12.9. The van der Waals surface area contributed by atoms with Crippen molar-refractivity contribution in [3.05, 3.63) is 46.6 Å². The molecule has 0 fully saturated rings. The first-order valence-electron chi connectivity index (χ1n) is 5.72. The Kier molecular flexibility index (Phi) is 4.20. The molecule has 0 aliphatic rings. The number of benzene rings is 1. The number of rotatable bonds is 4. The molecule has 0 unspecified atom stereocenters. The molecule has 0 atom stereocenters. The highest BCUT2D eigenvalue weighted by atomic mass is 79.9. The van der Waals surface area contributed by atoms with Crippen molar-refractivity contribution in [1.82, 2.24) is 4.98 Å². The number of nitrogens with zero attached hydrogens (tertiary/aromatic N) is 1. The van der Waals surface area contributed by atoms with Gasteiger partial charge in [0.1, 0.15) is 11.5 Å². The van der Waals surface area contributed by atoms with E-state index in [0.29, 0.717) is 12.5 Å². The van der Waals surface area contributed by atoms with E-state index in [-0.39, 0.29) is 0 Å². The summed E-state index contributed by atoms with van der Waals surface area (Å²) >= 11 is 3.41. The predicted octanol–water partition coefficient (Wildman–Crippen LogP) is 4.34. The van der Waals surface area contributed by atoms with E-state index in [2.05, 4.69) is 20.9 Å². The van der Waals surface area contributed by atoms with Crippen LogP contribution in [-0.4, -0.2) is 11.6 Å². The van der Waals surface area contributed by atoms with Crippen LogP contribution >= 0.6 is 15.9 Å². The van der Waals surface area contributed by atoms with Crippen LogP contribution in [0.25, 0.3) is 0 Å². The molecular weight excluding hydrogens is 294 g/mol. The summed E-state index contributed by atoms with van der Waals surface area (Å²) in [6, 6.07) is 9.41. The third-order valence-corrected chi connectivity index (χ3v) is 3.19. The lowest BCUT2D eigenvalue weighted by atomic mass is 10.3. The second-order valence-corrected chi connectivity index (χ2v) is 4.64. The monoisotopic (exact) mass is 307 g/mol. The summed E-state index contributed by atoms with van der Waals surface area (Å²) in [6.45, 7) is 4.58. The Morgan fingerprint density at radius 1 is 1.22 bits per heavy atom. The second kappa shape index (κ2) is 5.87. The largest absolute Gasteiger partial charge is 0.494 e.